The Morgan fingerprint density at radius 2 is 2.07 bits per heavy atom. The Hall–Kier alpha value is -2.08. The molecule has 0 spiro atoms. The molecule has 0 aliphatic carbocycles. The zero-order valence-electron chi connectivity index (χ0n) is 8.06. The minimum Gasteiger partial charge on any atom is -0.454 e. The highest BCUT2D eigenvalue weighted by Gasteiger charge is 2.28. The Bertz CT molecular complexity index is 438. The minimum atomic E-state index is -0.329. The molecule has 1 heterocycles. The van der Waals surface area contributed by atoms with E-state index in [2.05, 4.69) is 6.58 Å². The Morgan fingerprint density at radius 3 is 2.53 bits per heavy atom. The zero-order chi connectivity index (χ0) is 10.8. The van der Waals surface area contributed by atoms with Crippen molar-refractivity contribution in [1.29, 1.82) is 5.26 Å². The van der Waals surface area contributed by atoms with Gasteiger partial charge in [0.25, 0.3) is 0 Å². The number of esters is 1. The van der Waals surface area contributed by atoms with Gasteiger partial charge < -0.3 is 4.74 Å². The molecule has 0 saturated carbocycles. The van der Waals surface area contributed by atoms with Crippen molar-refractivity contribution in [2.45, 2.75) is 12.5 Å². The lowest BCUT2D eigenvalue weighted by atomic mass is 10.0. The van der Waals surface area contributed by atoms with Gasteiger partial charge in [-0.15, -0.1) is 0 Å². The Morgan fingerprint density at radius 1 is 1.40 bits per heavy atom. The number of nitriles is 1. The molecule has 74 valence electrons. The maximum Gasteiger partial charge on any atom is 0.334 e. The molecular weight excluding hydrogens is 190 g/mol. The van der Waals surface area contributed by atoms with Crippen LogP contribution in [0.3, 0.4) is 0 Å². The fourth-order valence-electron chi connectivity index (χ4n) is 1.52. The van der Waals surface area contributed by atoms with E-state index in [-0.39, 0.29) is 12.1 Å². The molecular formula is C12H9NO2. The summed E-state index contributed by atoms with van der Waals surface area (Å²) in [6.07, 6.45) is 0.294. The predicted molar refractivity (Wildman–Crippen MR) is 53.7 cm³/mol. The summed E-state index contributed by atoms with van der Waals surface area (Å²) in [5.41, 5.74) is 2.01. The molecule has 0 amide bonds. The number of hydrogen-bond acceptors (Lipinski definition) is 3. The summed E-state index contributed by atoms with van der Waals surface area (Å²) in [5.74, 6) is -0.329. The van der Waals surface area contributed by atoms with Gasteiger partial charge in [0, 0.05) is 12.0 Å². The minimum absolute atomic E-state index is 0.238. The van der Waals surface area contributed by atoms with Crippen LogP contribution in [0.1, 0.15) is 23.7 Å². The van der Waals surface area contributed by atoms with Gasteiger partial charge in [0.1, 0.15) is 6.10 Å². The second-order valence-electron chi connectivity index (χ2n) is 3.44. The maximum atomic E-state index is 11.1. The number of cyclic esters (lactones) is 1. The number of ether oxygens (including phenoxy) is 1. The summed E-state index contributed by atoms with van der Waals surface area (Å²) in [7, 11) is 0. The lowest BCUT2D eigenvalue weighted by molar-refractivity contribution is -0.139. The maximum absolute atomic E-state index is 11.1. The van der Waals surface area contributed by atoms with E-state index in [0.29, 0.717) is 17.6 Å². The highest BCUT2D eigenvalue weighted by Crippen LogP contribution is 2.31. The molecule has 3 heteroatoms. The van der Waals surface area contributed by atoms with Crippen LogP contribution in [0.5, 0.6) is 0 Å². The summed E-state index contributed by atoms with van der Waals surface area (Å²) in [6.45, 7) is 3.62. The number of carbonyl (C=O) groups is 1. The van der Waals surface area contributed by atoms with E-state index >= 15 is 0 Å². The van der Waals surface area contributed by atoms with Gasteiger partial charge in [-0.2, -0.15) is 5.26 Å². The van der Waals surface area contributed by atoms with Crippen molar-refractivity contribution in [3.63, 3.8) is 0 Å². The number of nitrogens with zero attached hydrogens (tertiary/aromatic N) is 1. The Balaban J connectivity index is 2.21. The van der Waals surface area contributed by atoms with Gasteiger partial charge >= 0.3 is 5.97 Å². The highest BCUT2D eigenvalue weighted by molar-refractivity contribution is 5.90. The first-order chi connectivity index (χ1) is 7.20. The third-order valence-electron chi connectivity index (χ3n) is 2.38. The van der Waals surface area contributed by atoms with Crippen LogP contribution in [0.25, 0.3) is 0 Å². The van der Waals surface area contributed by atoms with E-state index in [1.807, 2.05) is 6.07 Å². The number of hydrogen-bond donors (Lipinski definition) is 0. The van der Waals surface area contributed by atoms with Crippen LogP contribution in [0.15, 0.2) is 36.4 Å². The number of carbonyl (C=O) groups excluding carboxylic acids is 1. The molecule has 0 N–H and O–H groups in total. The van der Waals surface area contributed by atoms with E-state index in [9.17, 15) is 4.79 Å². The number of rotatable bonds is 1. The fraction of sp³-hybridized carbons (Fsp3) is 0.167. The lowest BCUT2D eigenvalue weighted by Crippen LogP contribution is -1.98. The average molecular weight is 199 g/mol. The van der Waals surface area contributed by atoms with Crippen LogP contribution in [-0.2, 0) is 9.53 Å². The van der Waals surface area contributed by atoms with Gasteiger partial charge in [0.2, 0.25) is 0 Å². The van der Waals surface area contributed by atoms with Gasteiger partial charge in [-0.05, 0) is 17.7 Å². The van der Waals surface area contributed by atoms with E-state index in [4.69, 9.17) is 10.00 Å². The third kappa shape index (κ3) is 1.75. The molecule has 1 aromatic carbocycles. The number of benzene rings is 1. The van der Waals surface area contributed by atoms with Gasteiger partial charge in [-0.1, -0.05) is 18.7 Å². The zero-order valence-corrected chi connectivity index (χ0v) is 8.06. The van der Waals surface area contributed by atoms with E-state index in [1.54, 1.807) is 24.3 Å². The second kappa shape index (κ2) is 3.58. The van der Waals surface area contributed by atoms with Gasteiger partial charge in [0.05, 0.1) is 11.6 Å². The summed E-state index contributed by atoms with van der Waals surface area (Å²) in [5, 5.41) is 8.63. The lowest BCUT2D eigenvalue weighted by Gasteiger charge is -2.08. The predicted octanol–water partition coefficient (Wildman–Crippen LogP) is 2.10. The Kier molecular flexibility index (Phi) is 2.26. The van der Waals surface area contributed by atoms with Crippen LogP contribution < -0.4 is 0 Å². The molecule has 1 aliphatic rings. The van der Waals surface area contributed by atoms with Crippen LogP contribution in [0.2, 0.25) is 0 Å². The Labute approximate surface area is 87.6 Å². The first kappa shape index (κ1) is 9.47. The van der Waals surface area contributed by atoms with Gasteiger partial charge in [-0.3, -0.25) is 0 Å². The van der Waals surface area contributed by atoms with E-state index in [0.717, 1.165) is 5.56 Å². The summed E-state index contributed by atoms with van der Waals surface area (Å²) in [4.78, 5) is 11.1. The van der Waals surface area contributed by atoms with Crippen molar-refractivity contribution in [3.05, 3.63) is 47.5 Å². The molecule has 1 saturated heterocycles. The molecule has 1 fully saturated rings. The van der Waals surface area contributed by atoms with Crippen molar-refractivity contribution in [2.24, 2.45) is 0 Å². The molecule has 1 aliphatic heterocycles. The van der Waals surface area contributed by atoms with E-state index < -0.39 is 0 Å². The van der Waals surface area contributed by atoms with Crippen molar-refractivity contribution in [1.82, 2.24) is 0 Å². The van der Waals surface area contributed by atoms with Crippen LogP contribution >= 0.6 is 0 Å². The molecule has 0 radical (unpaired) electrons. The van der Waals surface area contributed by atoms with Crippen molar-refractivity contribution in [2.75, 3.05) is 0 Å². The van der Waals surface area contributed by atoms with Crippen molar-refractivity contribution < 1.29 is 9.53 Å². The molecule has 1 aromatic rings. The van der Waals surface area contributed by atoms with Gasteiger partial charge in [0.15, 0.2) is 0 Å². The van der Waals surface area contributed by atoms with Crippen LogP contribution in [0.4, 0.5) is 0 Å². The monoisotopic (exact) mass is 199 g/mol. The van der Waals surface area contributed by atoms with Crippen molar-refractivity contribution >= 4 is 5.97 Å². The summed E-state index contributed by atoms with van der Waals surface area (Å²) >= 11 is 0. The first-order valence-corrected chi connectivity index (χ1v) is 4.59. The molecule has 3 nitrogen and oxygen atoms in total. The SMILES string of the molecule is C=C1CC(c2ccc(C#N)cc2)OC1=O. The molecule has 1 atom stereocenters. The molecule has 0 aromatic heterocycles. The summed E-state index contributed by atoms with van der Waals surface area (Å²) in [6, 6.07) is 9.06. The smallest absolute Gasteiger partial charge is 0.334 e. The van der Waals surface area contributed by atoms with E-state index in [1.165, 1.54) is 0 Å². The largest absolute Gasteiger partial charge is 0.454 e. The average Bonchev–Trinajstić information content (AvgIpc) is 2.59. The molecule has 1 unspecified atom stereocenters. The van der Waals surface area contributed by atoms with Crippen LogP contribution in [-0.4, -0.2) is 5.97 Å². The van der Waals surface area contributed by atoms with Gasteiger partial charge in [-0.25, -0.2) is 4.79 Å². The first-order valence-electron chi connectivity index (χ1n) is 4.59. The third-order valence-corrected chi connectivity index (χ3v) is 2.38. The van der Waals surface area contributed by atoms with Crippen LogP contribution in [0, 0.1) is 11.3 Å². The summed E-state index contributed by atoms with van der Waals surface area (Å²) < 4.78 is 5.11. The molecule has 0 bridgehead atoms. The highest BCUT2D eigenvalue weighted by atomic mass is 16.5. The molecule has 2 rings (SSSR count). The fourth-order valence-corrected chi connectivity index (χ4v) is 1.52. The standard InChI is InChI=1S/C12H9NO2/c1-8-6-11(15-12(8)14)10-4-2-9(7-13)3-5-10/h2-5,11H,1,6H2. The second-order valence-corrected chi connectivity index (χ2v) is 3.44. The normalized spacial score (nSPS) is 19.8. The quantitative estimate of drug-likeness (QED) is 0.514. The topological polar surface area (TPSA) is 50.1 Å². The van der Waals surface area contributed by atoms with Crippen molar-refractivity contribution in [3.8, 4) is 6.07 Å². The molecule has 15 heavy (non-hydrogen) atoms.